The summed E-state index contributed by atoms with van der Waals surface area (Å²) in [4.78, 5) is 23.6. The fraction of sp³-hybridized carbons (Fsp3) is 0.667. The van der Waals surface area contributed by atoms with Crippen LogP contribution in [0, 0.1) is 12.3 Å². The third-order valence-corrected chi connectivity index (χ3v) is 5.22. The van der Waals surface area contributed by atoms with Crippen LogP contribution in [0.2, 0.25) is 0 Å². The Morgan fingerprint density at radius 1 is 1.44 bits per heavy atom. The van der Waals surface area contributed by atoms with Crippen LogP contribution in [0.25, 0.3) is 5.78 Å². The first kappa shape index (κ1) is 17.8. The van der Waals surface area contributed by atoms with Gasteiger partial charge in [0.05, 0.1) is 6.10 Å². The summed E-state index contributed by atoms with van der Waals surface area (Å²) in [6.45, 7) is 11.7. The highest BCUT2D eigenvalue weighted by Crippen LogP contribution is 2.46. The summed E-state index contributed by atoms with van der Waals surface area (Å²) in [5.41, 5.74) is 0.827. The highest BCUT2D eigenvalue weighted by molar-refractivity contribution is 5.91. The molecule has 1 amide bonds. The van der Waals surface area contributed by atoms with Crippen molar-refractivity contribution in [2.75, 3.05) is 13.2 Å². The molecule has 0 bridgehead atoms. The van der Waals surface area contributed by atoms with Gasteiger partial charge in [0.1, 0.15) is 0 Å². The van der Waals surface area contributed by atoms with Gasteiger partial charge in [0.2, 0.25) is 5.82 Å². The van der Waals surface area contributed by atoms with Gasteiger partial charge in [0, 0.05) is 36.5 Å². The number of rotatable bonds is 6. The molecule has 3 rings (SSSR count). The van der Waals surface area contributed by atoms with Crippen LogP contribution in [-0.4, -0.2) is 55.7 Å². The average Bonchev–Trinajstić information content (AvgIpc) is 3.02. The lowest BCUT2D eigenvalue weighted by molar-refractivity contribution is -0.140. The van der Waals surface area contributed by atoms with E-state index in [0.29, 0.717) is 18.9 Å². The molecule has 0 unspecified atom stereocenters. The number of hydrogen-bond donors (Lipinski definition) is 0. The summed E-state index contributed by atoms with van der Waals surface area (Å²) in [5, 5.41) is 4.38. The summed E-state index contributed by atoms with van der Waals surface area (Å²) < 4.78 is 7.43. The predicted octanol–water partition coefficient (Wildman–Crippen LogP) is 2.49. The van der Waals surface area contributed by atoms with Crippen LogP contribution in [0.3, 0.4) is 0 Å². The zero-order chi connectivity index (χ0) is 18.2. The maximum absolute atomic E-state index is 13.1. The van der Waals surface area contributed by atoms with Crippen LogP contribution in [0.15, 0.2) is 12.3 Å². The fourth-order valence-corrected chi connectivity index (χ4v) is 3.64. The van der Waals surface area contributed by atoms with Crippen molar-refractivity contribution in [2.24, 2.45) is 5.41 Å². The molecule has 1 fully saturated rings. The van der Waals surface area contributed by atoms with E-state index in [0.717, 1.165) is 18.5 Å². The number of aryl methyl sites for hydroxylation is 1. The Labute approximate surface area is 148 Å². The summed E-state index contributed by atoms with van der Waals surface area (Å²) in [5.74, 6) is 0.547. The number of carbonyl (C=O) groups excluding carboxylic acids is 1. The Kier molecular flexibility index (Phi) is 4.77. The van der Waals surface area contributed by atoms with Crippen LogP contribution in [0.1, 0.15) is 56.8 Å². The first-order valence-electron chi connectivity index (χ1n) is 9.01. The summed E-state index contributed by atoms with van der Waals surface area (Å²) in [7, 11) is 0. The van der Waals surface area contributed by atoms with Crippen LogP contribution >= 0.6 is 0 Å². The van der Waals surface area contributed by atoms with Gasteiger partial charge in [0.15, 0.2) is 0 Å². The van der Waals surface area contributed by atoms with Crippen LogP contribution in [0.5, 0.6) is 0 Å². The van der Waals surface area contributed by atoms with E-state index >= 15 is 0 Å². The van der Waals surface area contributed by atoms with Gasteiger partial charge in [-0.2, -0.15) is 4.98 Å². The molecule has 1 saturated carbocycles. The molecule has 2 aromatic heterocycles. The van der Waals surface area contributed by atoms with E-state index in [2.05, 4.69) is 35.8 Å². The normalized spacial score (nSPS) is 22.0. The smallest absolute Gasteiger partial charge is 0.293 e. The number of nitrogens with zero attached hydrogens (tertiary/aromatic N) is 5. The zero-order valence-corrected chi connectivity index (χ0v) is 15.7. The number of amides is 1. The van der Waals surface area contributed by atoms with Crippen molar-refractivity contribution in [3.05, 3.63) is 23.8 Å². The van der Waals surface area contributed by atoms with Gasteiger partial charge in [-0.05, 0) is 32.8 Å². The predicted molar refractivity (Wildman–Crippen MR) is 94.4 cm³/mol. The highest BCUT2D eigenvalue weighted by Gasteiger charge is 2.52. The van der Waals surface area contributed by atoms with E-state index in [1.165, 1.54) is 0 Å². The molecule has 1 aliphatic carbocycles. The molecule has 7 heteroatoms. The molecular formula is C18H27N5O2. The largest absolute Gasteiger partial charge is 0.378 e. The molecule has 2 atom stereocenters. The number of aromatic nitrogens is 4. The third kappa shape index (κ3) is 3.01. The van der Waals surface area contributed by atoms with Gasteiger partial charge in [-0.1, -0.05) is 20.8 Å². The number of hydrogen-bond acceptors (Lipinski definition) is 5. The molecular weight excluding hydrogens is 318 g/mol. The van der Waals surface area contributed by atoms with Crippen LogP contribution < -0.4 is 0 Å². The van der Waals surface area contributed by atoms with E-state index in [1.54, 1.807) is 10.7 Å². The molecule has 0 aromatic carbocycles. The maximum atomic E-state index is 13.1. The van der Waals surface area contributed by atoms with E-state index in [-0.39, 0.29) is 29.3 Å². The van der Waals surface area contributed by atoms with Gasteiger partial charge in [0.25, 0.3) is 11.7 Å². The standard InChI is InChI=1S/C18H27N5O2/c1-6-10-22(13-11-14(25-7-2)18(13,4)5)16(24)15-20-17-19-9-8-12(3)23(17)21-15/h8-9,13-14H,6-7,10-11H2,1-5H3/t13-,14+/m1/s1. The second kappa shape index (κ2) is 6.71. The summed E-state index contributed by atoms with van der Waals surface area (Å²) in [6.07, 6.45) is 3.62. The number of carbonyl (C=O) groups is 1. The Morgan fingerprint density at radius 2 is 2.20 bits per heavy atom. The molecule has 136 valence electrons. The lowest BCUT2D eigenvalue weighted by Crippen LogP contribution is -2.63. The molecule has 0 spiro atoms. The van der Waals surface area contributed by atoms with E-state index in [9.17, 15) is 4.79 Å². The van der Waals surface area contributed by atoms with E-state index in [4.69, 9.17) is 4.74 Å². The maximum Gasteiger partial charge on any atom is 0.293 e. The number of fused-ring (bicyclic) bond motifs is 1. The fourth-order valence-electron chi connectivity index (χ4n) is 3.64. The van der Waals surface area contributed by atoms with Crippen molar-refractivity contribution in [2.45, 2.75) is 59.6 Å². The molecule has 0 radical (unpaired) electrons. The summed E-state index contributed by atoms with van der Waals surface area (Å²) >= 11 is 0. The second-order valence-corrected chi connectivity index (χ2v) is 7.25. The van der Waals surface area contributed by atoms with Crippen molar-refractivity contribution in [3.8, 4) is 0 Å². The molecule has 2 aromatic rings. The van der Waals surface area contributed by atoms with Gasteiger partial charge < -0.3 is 9.64 Å². The molecule has 1 aliphatic rings. The van der Waals surface area contributed by atoms with E-state index < -0.39 is 0 Å². The van der Waals surface area contributed by atoms with Crippen molar-refractivity contribution >= 4 is 11.7 Å². The average molecular weight is 345 g/mol. The first-order chi connectivity index (χ1) is 11.9. The van der Waals surface area contributed by atoms with Crippen molar-refractivity contribution in [3.63, 3.8) is 0 Å². The Hall–Kier alpha value is -2.02. The highest BCUT2D eigenvalue weighted by atomic mass is 16.5. The molecule has 7 nitrogen and oxygen atoms in total. The quantitative estimate of drug-likeness (QED) is 0.804. The molecule has 0 aliphatic heterocycles. The number of ether oxygens (including phenoxy) is 1. The zero-order valence-electron chi connectivity index (χ0n) is 15.7. The van der Waals surface area contributed by atoms with Crippen LogP contribution in [0.4, 0.5) is 0 Å². The van der Waals surface area contributed by atoms with Crippen molar-refractivity contribution in [1.82, 2.24) is 24.5 Å². The van der Waals surface area contributed by atoms with Gasteiger partial charge in [-0.15, -0.1) is 5.10 Å². The SMILES string of the molecule is CCCN(C(=O)c1nc2nccc(C)n2n1)[C@@H]1C[C@H](OCC)C1(C)C. The monoisotopic (exact) mass is 345 g/mol. The molecule has 2 heterocycles. The Bertz CT molecular complexity index is 770. The van der Waals surface area contributed by atoms with Crippen LogP contribution in [-0.2, 0) is 4.74 Å². The summed E-state index contributed by atoms with van der Waals surface area (Å²) in [6, 6.07) is 1.98. The Morgan fingerprint density at radius 3 is 2.80 bits per heavy atom. The molecule has 25 heavy (non-hydrogen) atoms. The lowest BCUT2D eigenvalue weighted by Gasteiger charge is -2.55. The van der Waals surface area contributed by atoms with Gasteiger partial charge in [-0.25, -0.2) is 9.50 Å². The van der Waals surface area contributed by atoms with Crippen molar-refractivity contribution < 1.29 is 9.53 Å². The Balaban J connectivity index is 1.87. The molecule has 0 saturated heterocycles. The topological polar surface area (TPSA) is 72.6 Å². The first-order valence-corrected chi connectivity index (χ1v) is 9.01. The van der Waals surface area contributed by atoms with E-state index in [1.807, 2.05) is 24.8 Å². The minimum atomic E-state index is -0.125. The molecule has 0 N–H and O–H groups in total. The third-order valence-electron chi connectivity index (χ3n) is 5.22. The minimum Gasteiger partial charge on any atom is -0.378 e. The lowest BCUT2D eigenvalue weighted by atomic mass is 9.63. The van der Waals surface area contributed by atoms with Gasteiger partial charge in [-0.3, -0.25) is 4.79 Å². The van der Waals surface area contributed by atoms with Crippen molar-refractivity contribution in [1.29, 1.82) is 0 Å². The minimum absolute atomic E-state index is 0.0752. The van der Waals surface area contributed by atoms with Gasteiger partial charge >= 0.3 is 0 Å². The second-order valence-electron chi connectivity index (χ2n) is 7.25.